The largest absolute Gasteiger partial charge is 0.355 e. The second-order valence-electron chi connectivity index (χ2n) is 5.92. The first-order valence-corrected chi connectivity index (χ1v) is 8.62. The molecule has 0 aliphatic heterocycles. The van der Waals surface area contributed by atoms with Crippen molar-refractivity contribution in [2.45, 2.75) is 25.9 Å². The Morgan fingerprint density at radius 1 is 0.960 bits per heavy atom. The van der Waals surface area contributed by atoms with Gasteiger partial charge in [-0.3, -0.25) is 9.59 Å². The van der Waals surface area contributed by atoms with Crippen molar-refractivity contribution in [3.05, 3.63) is 71.8 Å². The van der Waals surface area contributed by atoms with E-state index >= 15 is 0 Å². The molecule has 25 heavy (non-hydrogen) atoms. The first kappa shape index (κ1) is 18.7. The van der Waals surface area contributed by atoms with Crippen molar-refractivity contribution in [2.24, 2.45) is 0 Å². The van der Waals surface area contributed by atoms with E-state index in [2.05, 4.69) is 34.9 Å². The zero-order valence-electron chi connectivity index (χ0n) is 14.7. The monoisotopic (exact) mass is 340 g/mol. The minimum absolute atomic E-state index is 0.0351. The highest BCUT2D eigenvalue weighted by atomic mass is 16.2. The van der Waals surface area contributed by atoms with Crippen LogP contribution in [0.2, 0.25) is 0 Å². The highest BCUT2D eigenvalue weighted by molar-refractivity contribution is 5.87. The van der Waals surface area contributed by atoms with Crippen LogP contribution in [0.4, 0.5) is 0 Å². The van der Waals surface area contributed by atoms with E-state index < -0.39 is 6.04 Å². The summed E-state index contributed by atoms with van der Waals surface area (Å²) in [5.41, 5.74) is 2.27. The topological polar surface area (TPSA) is 74.8 Å². The van der Waals surface area contributed by atoms with Gasteiger partial charge in [-0.05, 0) is 13.8 Å². The van der Waals surface area contributed by atoms with Crippen molar-refractivity contribution in [1.82, 2.24) is 10.6 Å². The zero-order chi connectivity index (χ0) is 18.1. The number of benzene rings is 2. The lowest BCUT2D eigenvalue weighted by Crippen LogP contribution is -2.88. The molecule has 0 bridgehead atoms. The number of likely N-dealkylation sites (N-methyl/N-ethyl adjacent to an activating group) is 1. The fourth-order valence-electron chi connectivity index (χ4n) is 2.70. The molecule has 4 N–H and O–H groups in total. The molecule has 0 aromatic heterocycles. The molecule has 0 unspecified atom stereocenters. The Morgan fingerprint density at radius 2 is 1.48 bits per heavy atom. The van der Waals surface area contributed by atoms with Crippen molar-refractivity contribution < 1.29 is 14.9 Å². The summed E-state index contributed by atoms with van der Waals surface area (Å²) in [6.07, 6.45) is 0. The Hall–Kier alpha value is -2.66. The van der Waals surface area contributed by atoms with Gasteiger partial charge >= 0.3 is 0 Å². The third-order valence-electron chi connectivity index (χ3n) is 3.98. The van der Waals surface area contributed by atoms with Crippen molar-refractivity contribution >= 4 is 11.8 Å². The van der Waals surface area contributed by atoms with E-state index in [0.717, 1.165) is 11.1 Å². The van der Waals surface area contributed by atoms with Crippen LogP contribution in [0.1, 0.15) is 31.0 Å². The van der Waals surface area contributed by atoms with Gasteiger partial charge < -0.3 is 16.0 Å². The van der Waals surface area contributed by atoms with Gasteiger partial charge in [0.2, 0.25) is 5.91 Å². The van der Waals surface area contributed by atoms with E-state index in [-0.39, 0.29) is 24.4 Å². The van der Waals surface area contributed by atoms with E-state index in [4.69, 9.17) is 0 Å². The Bertz CT molecular complexity index is 634. The lowest BCUT2D eigenvalue weighted by molar-refractivity contribution is -0.676. The summed E-state index contributed by atoms with van der Waals surface area (Å²) in [5.74, 6) is -0.325. The smallest absolute Gasteiger partial charge is 0.275 e. The van der Waals surface area contributed by atoms with E-state index in [9.17, 15) is 9.59 Å². The van der Waals surface area contributed by atoms with Crippen molar-refractivity contribution in [3.8, 4) is 0 Å². The fourth-order valence-corrected chi connectivity index (χ4v) is 2.70. The zero-order valence-corrected chi connectivity index (χ0v) is 14.7. The number of hydrogen-bond acceptors (Lipinski definition) is 2. The number of amides is 2. The SMILES string of the molecule is CCNC(=O)[C@H](C)NC(=O)C[NH2+]C(c1ccccc1)c1ccccc1. The van der Waals surface area contributed by atoms with Gasteiger partial charge in [0.05, 0.1) is 0 Å². The van der Waals surface area contributed by atoms with Gasteiger partial charge in [-0.25, -0.2) is 0 Å². The van der Waals surface area contributed by atoms with Crippen LogP contribution in [0.5, 0.6) is 0 Å². The van der Waals surface area contributed by atoms with Crippen LogP contribution in [0.15, 0.2) is 60.7 Å². The van der Waals surface area contributed by atoms with E-state index in [1.54, 1.807) is 6.92 Å². The highest BCUT2D eigenvalue weighted by Crippen LogP contribution is 2.17. The molecule has 132 valence electrons. The van der Waals surface area contributed by atoms with Gasteiger partial charge in [-0.2, -0.15) is 0 Å². The van der Waals surface area contributed by atoms with Gasteiger partial charge in [0, 0.05) is 17.7 Å². The lowest BCUT2D eigenvalue weighted by atomic mass is 9.99. The van der Waals surface area contributed by atoms with Crippen LogP contribution in [-0.4, -0.2) is 30.9 Å². The minimum atomic E-state index is -0.534. The normalized spacial score (nSPS) is 11.8. The second kappa shape index (κ2) is 9.59. The molecule has 0 radical (unpaired) electrons. The summed E-state index contributed by atoms with van der Waals surface area (Å²) < 4.78 is 0. The molecular weight excluding hydrogens is 314 g/mol. The number of nitrogens with two attached hydrogens (primary N) is 1. The van der Waals surface area contributed by atoms with E-state index in [0.29, 0.717) is 6.54 Å². The molecule has 0 aliphatic rings. The predicted molar refractivity (Wildman–Crippen MR) is 97.8 cm³/mol. The summed E-state index contributed by atoms with van der Waals surface area (Å²) >= 11 is 0. The van der Waals surface area contributed by atoms with Gasteiger partial charge in [0.25, 0.3) is 5.91 Å². The molecule has 0 heterocycles. The third-order valence-corrected chi connectivity index (χ3v) is 3.98. The molecule has 2 aromatic rings. The predicted octanol–water partition coefficient (Wildman–Crippen LogP) is 0.980. The van der Waals surface area contributed by atoms with Gasteiger partial charge in [-0.15, -0.1) is 0 Å². The average molecular weight is 340 g/mol. The number of rotatable bonds is 8. The quantitative estimate of drug-likeness (QED) is 0.670. The van der Waals surface area contributed by atoms with Crippen molar-refractivity contribution in [1.29, 1.82) is 0 Å². The van der Waals surface area contributed by atoms with Gasteiger partial charge in [0.15, 0.2) is 6.54 Å². The van der Waals surface area contributed by atoms with Crippen LogP contribution >= 0.6 is 0 Å². The molecular formula is C20H26N3O2+. The van der Waals surface area contributed by atoms with Crippen molar-refractivity contribution in [2.75, 3.05) is 13.1 Å². The standard InChI is InChI=1S/C20H25N3O2/c1-3-21-20(25)15(2)23-18(24)14-22-19(16-10-6-4-7-11-16)17-12-8-5-9-13-17/h4-13,15,19,22H,3,14H2,1-2H3,(H,21,25)(H,23,24)/p+1/t15-/m0/s1. The molecule has 5 heteroatoms. The molecule has 0 aliphatic carbocycles. The summed E-state index contributed by atoms with van der Waals surface area (Å²) in [4.78, 5) is 23.9. The van der Waals surface area contributed by atoms with Crippen LogP contribution < -0.4 is 16.0 Å². The molecule has 0 saturated carbocycles. The lowest BCUT2D eigenvalue weighted by Gasteiger charge is -2.17. The average Bonchev–Trinajstić information content (AvgIpc) is 2.64. The molecule has 2 aromatic carbocycles. The maximum Gasteiger partial charge on any atom is 0.275 e. The number of hydrogen-bond donors (Lipinski definition) is 3. The summed E-state index contributed by atoms with van der Waals surface area (Å²) in [6.45, 7) is 4.34. The van der Waals surface area contributed by atoms with Crippen LogP contribution in [0.25, 0.3) is 0 Å². The molecule has 1 atom stereocenters. The highest BCUT2D eigenvalue weighted by Gasteiger charge is 2.20. The maximum absolute atomic E-state index is 12.2. The summed E-state index contributed by atoms with van der Waals surface area (Å²) in [7, 11) is 0. The Morgan fingerprint density at radius 3 is 1.96 bits per heavy atom. The molecule has 0 spiro atoms. The molecule has 2 amide bonds. The Kier molecular flexibility index (Phi) is 7.16. The first-order valence-electron chi connectivity index (χ1n) is 8.62. The van der Waals surface area contributed by atoms with Gasteiger partial charge in [0.1, 0.15) is 12.1 Å². The van der Waals surface area contributed by atoms with Gasteiger partial charge in [-0.1, -0.05) is 60.7 Å². The molecule has 2 rings (SSSR count). The Balaban J connectivity index is 2.01. The summed E-state index contributed by atoms with van der Waals surface area (Å²) in [5, 5.41) is 7.43. The van der Waals surface area contributed by atoms with Crippen molar-refractivity contribution in [3.63, 3.8) is 0 Å². The fraction of sp³-hybridized carbons (Fsp3) is 0.300. The first-order chi connectivity index (χ1) is 12.1. The van der Waals surface area contributed by atoms with Crippen LogP contribution in [0.3, 0.4) is 0 Å². The Labute approximate surface area is 148 Å². The van der Waals surface area contributed by atoms with Crippen LogP contribution in [0, 0.1) is 0 Å². The molecule has 0 saturated heterocycles. The molecule has 5 nitrogen and oxygen atoms in total. The third kappa shape index (κ3) is 5.72. The van der Waals surface area contributed by atoms with E-state index in [1.807, 2.05) is 48.6 Å². The van der Waals surface area contributed by atoms with E-state index in [1.165, 1.54) is 0 Å². The number of carbonyl (C=O) groups is 2. The summed E-state index contributed by atoms with van der Waals surface area (Å²) in [6, 6.07) is 19.7. The number of carbonyl (C=O) groups excluding carboxylic acids is 2. The minimum Gasteiger partial charge on any atom is -0.355 e. The molecule has 0 fully saturated rings. The van der Waals surface area contributed by atoms with Crippen LogP contribution in [-0.2, 0) is 9.59 Å². The number of quaternary nitrogens is 1. The second-order valence-corrected chi connectivity index (χ2v) is 5.92. The maximum atomic E-state index is 12.2. The number of nitrogens with one attached hydrogen (secondary N) is 2.